The number of rotatable bonds is 5. The maximum absolute atomic E-state index is 11.4. The van der Waals surface area contributed by atoms with E-state index in [1.807, 2.05) is 0 Å². The molecule has 0 radical (unpaired) electrons. The molecule has 4 heterocycles. The molecule has 10 heteroatoms. The molecule has 0 bridgehead atoms. The Bertz CT molecular complexity index is 940. The van der Waals surface area contributed by atoms with E-state index in [4.69, 9.17) is 4.74 Å². The standard InChI is InChI=1S/C21H29N5O5/c1-13-19(28)18(14(11-23-13)12-25-7-5-24(2)6-8-25)20-22-3-4-26(20)17-10-15(27)9-16(31-17)21(29)30/h3-4,11,15-17,27-28H,5-10,12H2,1-2H3,(H,29,30). The minimum Gasteiger partial charge on any atom is -0.505 e. The molecule has 2 aliphatic rings. The van der Waals surface area contributed by atoms with Crippen LogP contribution in [0.3, 0.4) is 0 Å². The Kier molecular flexibility index (Phi) is 6.24. The van der Waals surface area contributed by atoms with Crippen molar-refractivity contribution in [1.82, 2.24) is 24.3 Å². The van der Waals surface area contributed by atoms with Crippen LogP contribution in [0.5, 0.6) is 5.75 Å². The number of pyridine rings is 1. The van der Waals surface area contributed by atoms with Crippen LogP contribution >= 0.6 is 0 Å². The van der Waals surface area contributed by atoms with Crippen LogP contribution < -0.4 is 0 Å². The van der Waals surface area contributed by atoms with Crippen LogP contribution in [0.1, 0.15) is 30.3 Å². The smallest absolute Gasteiger partial charge is 0.333 e. The molecule has 0 spiro atoms. The number of likely N-dealkylation sites (N-methyl/N-ethyl adjacent to an activating group) is 1. The van der Waals surface area contributed by atoms with Crippen molar-refractivity contribution in [2.45, 2.75) is 44.7 Å². The first-order valence-electron chi connectivity index (χ1n) is 10.5. The molecule has 168 valence electrons. The highest BCUT2D eigenvalue weighted by Gasteiger charge is 2.35. The SMILES string of the molecule is Cc1ncc(CN2CCN(C)CC2)c(-c2nccn2C2CC(O)CC(C(=O)O)O2)c1O. The van der Waals surface area contributed by atoms with Crippen LogP contribution in [0.15, 0.2) is 18.6 Å². The number of nitrogens with zero attached hydrogens (tertiary/aromatic N) is 5. The summed E-state index contributed by atoms with van der Waals surface area (Å²) in [4.78, 5) is 24.8. The van der Waals surface area contributed by atoms with Gasteiger partial charge in [0.25, 0.3) is 0 Å². The number of ether oxygens (including phenoxy) is 1. The zero-order valence-electron chi connectivity index (χ0n) is 17.8. The van der Waals surface area contributed by atoms with Gasteiger partial charge in [-0.3, -0.25) is 9.88 Å². The van der Waals surface area contributed by atoms with Crippen LogP contribution in [0, 0.1) is 6.92 Å². The van der Waals surface area contributed by atoms with E-state index in [1.54, 1.807) is 30.1 Å². The Balaban J connectivity index is 1.68. The van der Waals surface area contributed by atoms with Gasteiger partial charge in [-0.05, 0) is 19.5 Å². The monoisotopic (exact) mass is 431 g/mol. The molecule has 0 amide bonds. The lowest BCUT2D eigenvalue weighted by Crippen LogP contribution is -2.44. The van der Waals surface area contributed by atoms with Gasteiger partial charge in [-0.25, -0.2) is 9.78 Å². The van der Waals surface area contributed by atoms with E-state index in [0.717, 1.165) is 31.7 Å². The van der Waals surface area contributed by atoms with Crippen LogP contribution in [0.25, 0.3) is 11.4 Å². The predicted octanol–water partition coefficient (Wildman–Crippen LogP) is 0.830. The van der Waals surface area contributed by atoms with Crippen molar-refractivity contribution in [3.05, 3.63) is 29.8 Å². The lowest BCUT2D eigenvalue weighted by Gasteiger charge is -2.33. The molecule has 2 aromatic rings. The van der Waals surface area contributed by atoms with E-state index in [0.29, 0.717) is 23.6 Å². The van der Waals surface area contributed by atoms with Gasteiger partial charge in [0, 0.05) is 64.2 Å². The maximum atomic E-state index is 11.4. The summed E-state index contributed by atoms with van der Waals surface area (Å²) in [5.74, 6) is -0.593. The number of carbonyl (C=O) groups is 1. The molecule has 0 aromatic carbocycles. The third-order valence-corrected chi connectivity index (χ3v) is 6.06. The highest BCUT2D eigenvalue weighted by molar-refractivity contribution is 5.72. The summed E-state index contributed by atoms with van der Waals surface area (Å²) in [7, 11) is 2.10. The number of aromatic nitrogens is 3. The molecule has 10 nitrogen and oxygen atoms in total. The van der Waals surface area contributed by atoms with E-state index < -0.39 is 24.4 Å². The largest absolute Gasteiger partial charge is 0.505 e. The summed E-state index contributed by atoms with van der Waals surface area (Å²) in [6, 6.07) is 0. The van der Waals surface area contributed by atoms with Crippen molar-refractivity contribution in [2.24, 2.45) is 0 Å². The van der Waals surface area contributed by atoms with E-state index in [2.05, 4.69) is 26.8 Å². The molecule has 3 atom stereocenters. The Morgan fingerprint density at radius 2 is 1.97 bits per heavy atom. The molecule has 2 saturated heterocycles. The van der Waals surface area contributed by atoms with Crippen LogP contribution in [0.2, 0.25) is 0 Å². The number of aromatic hydroxyl groups is 1. The van der Waals surface area contributed by atoms with Crippen molar-refractivity contribution in [3.8, 4) is 17.1 Å². The molecule has 0 saturated carbocycles. The first-order valence-corrected chi connectivity index (χ1v) is 10.5. The van der Waals surface area contributed by atoms with Crippen molar-refractivity contribution in [3.63, 3.8) is 0 Å². The average molecular weight is 431 g/mol. The van der Waals surface area contributed by atoms with Gasteiger partial charge < -0.3 is 29.5 Å². The van der Waals surface area contributed by atoms with Gasteiger partial charge in [-0.2, -0.15) is 0 Å². The molecule has 3 N–H and O–H groups in total. The third-order valence-electron chi connectivity index (χ3n) is 6.06. The first-order chi connectivity index (χ1) is 14.8. The number of piperazine rings is 1. The van der Waals surface area contributed by atoms with Gasteiger partial charge in [-0.1, -0.05) is 0 Å². The number of aliphatic hydroxyl groups is 1. The predicted molar refractivity (Wildman–Crippen MR) is 111 cm³/mol. The Morgan fingerprint density at radius 1 is 1.23 bits per heavy atom. The second-order valence-electron chi connectivity index (χ2n) is 8.37. The molecule has 2 fully saturated rings. The zero-order valence-corrected chi connectivity index (χ0v) is 17.8. The summed E-state index contributed by atoms with van der Waals surface area (Å²) in [5, 5.41) is 30.5. The molecule has 2 aliphatic heterocycles. The molecular weight excluding hydrogens is 402 g/mol. The van der Waals surface area contributed by atoms with Crippen molar-refractivity contribution in [1.29, 1.82) is 0 Å². The molecule has 4 rings (SSSR count). The first kappa shape index (κ1) is 21.7. The quantitative estimate of drug-likeness (QED) is 0.631. The fourth-order valence-corrected chi connectivity index (χ4v) is 4.20. The lowest BCUT2D eigenvalue weighted by molar-refractivity contribution is -0.175. The van der Waals surface area contributed by atoms with Gasteiger partial charge in [-0.15, -0.1) is 0 Å². The highest BCUT2D eigenvalue weighted by atomic mass is 16.5. The topological polar surface area (TPSA) is 124 Å². The van der Waals surface area contributed by atoms with E-state index in [1.165, 1.54) is 0 Å². The fraction of sp³-hybridized carbons (Fsp3) is 0.571. The van der Waals surface area contributed by atoms with Gasteiger partial charge in [0.1, 0.15) is 17.8 Å². The van der Waals surface area contributed by atoms with Gasteiger partial charge in [0.2, 0.25) is 0 Å². The Labute approximate surface area is 180 Å². The summed E-state index contributed by atoms with van der Waals surface area (Å²) in [6.07, 6.45) is 2.73. The van der Waals surface area contributed by atoms with Gasteiger partial charge in [0.05, 0.1) is 17.4 Å². The van der Waals surface area contributed by atoms with E-state index in [9.17, 15) is 20.1 Å². The second kappa shape index (κ2) is 8.91. The molecule has 3 unspecified atom stereocenters. The number of carboxylic acid groups (broad SMARTS) is 1. The maximum Gasteiger partial charge on any atom is 0.333 e. The Morgan fingerprint density at radius 3 is 2.68 bits per heavy atom. The average Bonchev–Trinajstić information content (AvgIpc) is 3.21. The number of carboxylic acids is 1. The number of hydrogen-bond acceptors (Lipinski definition) is 8. The molecular formula is C21H29N5O5. The van der Waals surface area contributed by atoms with Crippen molar-refractivity contribution < 1.29 is 24.9 Å². The third kappa shape index (κ3) is 4.57. The highest BCUT2D eigenvalue weighted by Crippen LogP contribution is 2.37. The van der Waals surface area contributed by atoms with Crippen molar-refractivity contribution >= 4 is 5.97 Å². The molecule has 0 aliphatic carbocycles. The van der Waals surface area contributed by atoms with E-state index in [-0.39, 0.29) is 18.6 Å². The van der Waals surface area contributed by atoms with Crippen LogP contribution in [0.4, 0.5) is 0 Å². The van der Waals surface area contributed by atoms with Gasteiger partial charge in [0.15, 0.2) is 6.10 Å². The summed E-state index contributed by atoms with van der Waals surface area (Å²) in [5.41, 5.74) is 1.89. The van der Waals surface area contributed by atoms with Crippen LogP contribution in [-0.4, -0.2) is 91.1 Å². The summed E-state index contributed by atoms with van der Waals surface area (Å²) < 4.78 is 7.44. The lowest BCUT2D eigenvalue weighted by atomic mass is 10.0. The number of imidazole rings is 1. The zero-order chi connectivity index (χ0) is 22.1. The van der Waals surface area contributed by atoms with Crippen molar-refractivity contribution in [2.75, 3.05) is 33.2 Å². The Hall–Kier alpha value is -2.53. The second-order valence-corrected chi connectivity index (χ2v) is 8.37. The summed E-state index contributed by atoms with van der Waals surface area (Å²) in [6.45, 7) is 6.11. The summed E-state index contributed by atoms with van der Waals surface area (Å²) >= 11 is 0. The molecule has 31 heavy (non-hydrogen) atoms. The number of aryl methyl sites for hydroxylation is 1. The minimum atomic E-state index is -1.11. The number of aliphatic hydroxyl groups excluding tert-OH is 1. The van der Waals surface area contributed by atoms with E-state index >= 15 is 0 Å². The molecule has 2 aromatic heterocycles. The number of aliphatic carboxylic acids is 1. The normalized spacial score (nSPS) is 25.6. The van der Waals surface area contributed by atoms with Gasteiger partial charge >= 0.3 is 5.97 Å². The van der Waals surface area contributed by atoms with Crippen LogP contribution in [-0.2, 0) is 16.1 Å². The fourth-order valence-electron chi connectivity index (χ4n) is 4.20. The number of hydrogen-bond donors (Lipinski definition) is 3. The minimum absolute atomic E-state index is 0.0458.